The normalized spacial score (nSPS) is 11.3. The molecule has 8 rings (SSSR count). The van der Waals surface area contributed by atoms with Gasteiger partial charge in [0.05, 0.1) is 27.6 Å². The van der Waals surface area contributed by atoms with Crippen LogP contribution in [0.2, 0.25) is 0 Å². The predicted molar refractivity (Wildman–Crippen MR) is 162 cm³/mol. The van der Waals surface area contributed by atoms with E-state index in [2.05, 4.69) is 59.0 Å². The molecule has 0 atom stereocenters. The van der Waals surface area contributed by atoms with Crippen molar-refractivity contribution in [3.63, 3.8) is 0 Å². The van der Waals surface area contributed by atoms with Crippen LogP contribution in [-0.4, -0.2) is 19.5 Å². The number of pyridine rings is 2. The molecule has 5 heteroatoms. The zero-order valence-corrected chi connectivity index (χ0v) is 24.0. The molecule has 0 aliphatic heterocycles. The van der Waals surface area contributed by atoms with Gasteiger partial charge in [0.2, 0.25) is 0 Å². The van der Waals surface area contributed by atoms with Crippen molar-refractivity contribution < 1.29 is 26.2 Å². The Bertz CT molecular complexity index is 2240. The quantitative estimate of drug-likeness (QED) is 0.148. The van der Waals surface area contributed by atoms with Crippen molar-refractivity contribution in [2.45, 2.75) is 0 Å². The van der Waals surface area contributed by atoms with Crippen LogP contribution < -0.4 is 0 Å². The second kappa shape index (κ2) is 9.99. The number of aromatic nitrogens is 3. The van der Waals surface area contributed by atoms with Crippen molar-refractivity contribution in [1.29, 1.82) is 0 Å². The van der Waals surface area contributed by atoms with Crippen LogP contribution in [0.4, 0.5) is 0 Å². The van der Waals surface area contributed by atoms with Crippen LogP contribution in [0.15, 0.2) is 127 Å². The van der Waals surface area contributed by atoms with Gasteiger partial charge >= 0.3 is 0 Å². The Kier molecular flexibility index (Phi) is 6.14. The number of nitrogens with zero attached hydrogens (tertiary/aromatic N) is 3. The molecule has 0 saturated carbocycles. The molecular formula is C36H22N3OPt-. The summed E-state index contributed by atoms with van der Waals surface area (Å²) in [5, 5.41) is 13.7. The van der Waals surface area contributed by atoms with E-state index in [-0.39, 0.29) is 26.8 Å². The van der Waals surface area contributed by atoms with Crippen molar-refractivity contribution in [3.05, 3.63) is 133 Å². The topological polar surface area (TPSA) is 50.4 Å². The van der Waals surface area contributed by atoms with Crippen molar-refractivity contribution in [3.8, 4) is 39.4 Å². The van der Waals surface area contributed by atoms with E-state index in [1.807, 2.05) is 72.8 Å². The Hall–Kier alpha value is -4.79. The molecule has 0 bridgehead atoms. The number of hydrogen-bond donors (Lipinski definition) is 1. The first-order valence-electron chi connectivity index (χ1n) is 13.2. The van der Waals surface area contributed by atoms with Gasteiger partial charge in [0.15, 0.2) is 0 Å². The molecule has 8 aromatic rings. The molecule has 0 aliphatic rings. The van der Waals surface area contributed by atoms with E-state index in [4.69, 9.17) is 9.97 Å². The van der Waals surface area contributed by atoms with Crippen LogP contribution in [0.25, 0.3) is 72.0 Å². The fraction of sp³-hybridized carbons (Fsp3) is 0. The van der Waals surface area contributed by atoms with Gasteiger partial charge in [0, 0.05) is 32.0 Å². The molecule has 1 N–H and O–H groups in total. The van der Waals surface area contributed by atoms with E-state index in [1.54, 1.807) is 6.07 Å². The molecule has 0 aliphatic carbocycles. The summed E-state index contributed by atoms with van der Waals surface area (Å²) in [5.74, 6) is 0.221. The van der Waals surface area contributed by atoms with Crippen molar-refractivity contribution in [2.24, 2.45) is 0 Å². The maximum atomic E-state index is 10.9. The van der Waals surface area contributed by atoms with Gasteiger partial charge in [-0.1, -0.05) is 84.9 Å². The van der Waals surface area contributed by atoms with E-state index >= 15 is 0 Å². The van der Waals surface area contributed by atoms with Crippen LogP contribution in [-0.2, 0) is 21.1 Å². The fourth-order valence-corrected chi connectivity index (χ4v) is 5.77. The van der Waals surface area contributed by atoms with Gasteiger partial charge < -0.3 is 5.11 Å². The summed E-state index contributed by atoms with van der Waals surface area (Å²) in [6.07, 6.45) is 0. The number of fused-ring (bicyclic) bond motifs is 8. The number of imidazole rings is 1. The molecule has 3 aromatic heterocycles. The Balaban J connectivity index is 0.00000276. The summed E-state index contributed by atoms with van der Waals surface area (Å²) in [5.41, 5.74) is 9.44. The van der Waals surface area contributed by atoms with Gasteiger partial charge in [-0.25, -0.2) is 4.98 Å². The molecule has 4 nitrogen and oxygen atoms in total. The zero-order valence-electron chi connectivity index (χ0n) is 21.7. The number of aromatic hydroxyl groups is 1. The number of phenols is 1. The van der Waals surface area contributed by atoms with Crippen LogP contribution >= 0.6 is 0 Å². The maximum Gasteiger partial charge on any atom is 0.150 e. The van der Waals surface area contributed by atoms with E-state index in [0.717, 1.165) is 72.0 Å². The van der Waals surface area contributed by atoms with Gasteiger partial charge in [-0.3, -0.25) is 9.38 Å². The first-order chi connectivity index (χ1) is 19.8. The first-order valence-corrected chi connectivity index (χ1v) is 13.2. The number of rotatable bonds is 3. The smallest absolute Gasteiger partial charge is 0.150 e. The minimum absolute atomic E-state index is 0. The largest absolute Gasteiger partial charge is 0.507 e. The maximum absolute atomic E-state index is 10.9. The molecule has 0 fully saturated rings. The molecule has 0 spiro atoms. The minimum atomic E-state index is 0. The molecule has 0 saturated heterocycles. The van der Waals surface area contributed by atoms with E-state index < -0.39 is 0 Å². The summed E-state index contributed by atoms with van der Waals surface area (Å²) in [7, 11) is 0. The molecule has 0 radical (unpaired) electrons. The SMILES string of the molecule is Oc1cccc2c3ccccc3n3c4cccc(-c5cccc(-c6[c-]ccc(-c7ccccc7)c6)n5)c4nc3c12.[Pt]. The van der Waals surface area contributed by atoms with Gasteiger partial charge in [0.1, 0.15) is 11.4 Å². The predicted octanol–water partition coefficient (Wildman–Crippen LogP) is 8.69. The monoisotopic (exact) mass is 707 g/mol. The third-order valence-corrected chi connectivity index (χ3v) is 7.60. The average Bonchev–Trinajstić information content (AvgIpc) is 3.42. The zero-order chi connectivity index (χ0) is 26.6. The molecule has 198 valence electrons. The van der Waals surface area contributed by atoms with Crippen LogP contribution in [0, 0.1) is 6.07 Å². The summed E-state index contributed by atoms with van der Waals surface area (Å²) in [6.45, 7) is 0. The standard InChI is InChI=1S/C36H22N3O.Pt/c40-33-21-8-15-27-26-14-4-5-19-31(26)39-32-20-7-16-28(35(32)38-36(39)34(27)33)30-18-9-17-29(37-30)25-13-6-12-24(22-25)23-10-2-1-3-11-23;/h1-12,14-22,40H;/q-1;. The van der Waals surface area contributed by atoms with Crippen molar-refractivity contribution in [2.75, 3.05) is 0 Å². The summed E-state index contributed by atoms with van der Waals surface area (Å²) >= 11 is 0. The van der Waals surface area contributed by atoms with E-state index in [0.29, 0.717) is 0 Å². The summed E-state index contributed by atoms with van der Waals surface area (Å²) < 4.78 is 2.15. The summed E-state index contributed by atoms with van der Waals surface area (Å²) in [4.78, 5) is 10.2. The Morgan fingerprint density at radius 1 is 0.610 bits per heavy atom. The van der Waals surface area contributed by atoms with Gasteiger partial charge in [-0.15, -0.1) is 35.4 Å². The molecule has 3 heterocycles. The van der Waals surface area contributed by atoms with Gasteiger partial charge in [-0.2, -0.15) is 0 Å². The fourth-order valence-electron chi connectivity index (χ4n) is 5.77. The molecular weight excluding hydrogens is 685 g/mol. The van der Waals surface area contributed by atoms with Crippen molar-refractivity contribution in [1.82, 2.24) is 14.4 Å². The molecule has 0 amide bonds. The Morgan fingerprint density at radius 2 is 1.34 bits per heavy atom. The summed E-state index contributed by atoms with van der Waals surface area (Å²) in [6, 6.07) is 46.1. The molecule has 0 unspecified atom stereocenters. The van der Waals surface area contributed by atoms with Crippen molar-refractivity contribution >= 4 is 38.4 Å². The number of para-hydroxylation sites is 2. The van der Waals surface area contributed by atoms with E-state index in [9.17, 15) is 5.11 Å². The second-order valence-electron chi connectivity index (χ2n) is 9.93. The Labute approximate surface area is 250 Å². The second-order valence-corrected chi connectivity index (χ2v) is 9.93. The van der Waals surface area contributed by atoms with Crippen LogP contribution in [0.3, 0.4) is 0 Å². The average molecular weight is 708 g/mol. The number of hydrogen-bond acceptors (Lipinski definition) is 3. The first kappa shape index (κ1) is 25.2. The van der Waals surface area contributed by atoms with Crippen LogP contribution in [0.5, 0.6) is 5.75 Å². The number of phenolic OH excluding ortho intramolecular Hbond substituents is 1. The van der Waals surface area contributed by atoms with Gasteiger partial charge in [-0.05, 0) is 40.9 Å². The third kappa shape index (κ3) is 4.03. The van der Waals surface area contributed by atoms with E-state index in [1.165, 1.54) is 0 Å². The minimum Gasteiger partial charge on any atom is -0.507 e. The van der Waals surface area contributed by atoms with Crippen LogP contribution in [0.1, 0.15) is 0 Å². The Morgan fingerprint density at radius 3 is 2.24 bits per heavy atom. The number of benzene rings is 5. The van der Waals surface area contributed by atoms with Gasteiger partial charge in [0.25, 0.3) is 0 Å². The third-order valence-electron chi connectivity index (χ3n) is 7.60. The molecule has 41 heavy (non-hydrogen) atoms. The molecule has 5 aromatic carbocycles.